The fourth-order valence-electron chi connectivity index (χ4n) is 2.84. The highest BCUT2D eigenvalue weighted by Crippen LogP contribution is 2.28. The van der Waals surface area contributed by atoms with Gasteiger partial charge in [-0.25, -0.2) is 0 Å². The topological polar surface area (TPSA) is 55.3 Å². The van der Waals surface area contributed by atoms with E-state index in [1.54, 1.807) is 13.3 Å². The minimum Gasteiger partial charge on any atom is -0.375 e. The van der Waals surface area contributed by atoms with Crippen LogP contribution in [0.5, 0.6) is 0 Å². The van der Waals surface area contributed by atoms with E-state index in [2.05, 4.69) is 16.0 Å². The van der Waals surface area contributed by atoms with Crippen molar-refractivity contribution < 1.29 is 9.53 Å². The third kappa shape index (κ3) is 3.03. The molecule has 1 aliphatic heterocycles. The van der Waals surface area contributed by atoms with Crippen molar-refractivity contribution in [2.75, 3.05) is 26.8 Å². The quantitative estimate of drug-likeness (QED) is 0.865. The number of hydrogen-bond acceptors (Lipinski definition) is 4. The molecule has 1 saturated heterocycles. The minimum absolute atomic E-state index is 0.0732. The maximum atomic E-state index is 11.8. The highest BCUT2D eigenvalue weighted by molar-refractivity contribution is 5.78. The Balaban J connectivity index is 1.69. The Hall–Kier alpha value is -2.01. The number of nitrogens with zero attached hydrogens (tertiary/aromatic N) is 3. The molecule has 0 bridgehead atoms. The van der Waals surface area contributed by atoms with Gasteiger partial charge in [-0.1, -0.05) is 0 Å². The molecule has 0 aromatic carbocycles. The second kappa shape index (κ2) is 6.18. The second-order valence-corrected chi connectivity index (χ2v) is 5.39. The molecule has 0 atom stereocenters. The number of amides is 1. The standard InChI is InChI=1S/C16H19N3O2/c1-21-11-16(20)19-7-4-12(5-8-19)14-9-15-13(10-18-14)3-2-6-17-15/h2-3,6,9-10,12H,4-5,7-8,11H2,1H3. The average molecular weight is 285 g/mol. The lowest BCUT2D eigenvalue weighted by Gasteiger charge is -2.31. The fourth-order valence-corrected chi connectivity index (χ4v) is 2.84. The monoisotopic (exact) mass is 285 g/mol. The van der Waals surface area contributed by atoms with Gasteiger partial charge in [0.2, 0.25) is 5.91 Å². The van der Waals surface area contributed by atoms with Gasteiger partial charge in [-0.05, 0) is 31.0 Å². The van der Waals surface area contributed by atoms with E-state index in [0.717, 1.165) is 42.5 Å². The molecular formula is C16H19N3O2. The molecule has 0 saturated carbocycles. The first kappa shape index (κ1) is 13.9. The van der Waals surface area contributed by atoms with Gasteiger partial charge in [0, 0.05) is 49.6 Å². The zero-order valence-electron chi connectivity index (χ0n) is 12.2. The van der Waals surface area contributed by atoms with Crippen molar-refractivity contribution >= 4 is 16.8 Å². The molecule has 2 aromatic heterocycles. The van der Waals surface area contributed by atoms with Crippen molar-refractivity contribution in [3.05, 3.63) is 36.3 Å². The maximum absolute atomic E-state index is 11.8. The molecule has 1 fully saturated rings. The zero-order chi connectivity index (χ0) is 14.7. The van der Waals surface area contributed by atoms with Gasteiger partial charge in [-0.3, -0.25) is 14.8 Å². The molecule has 0 aliphatic carbocycles. The summed E-state index contributed by atoms with van der Waals surface area (Å²) in [7, 11) is 1.55. The highest BCUT2D eigenvalue weighted by Gasteiger charge is 2.24. The Kier molecular flexibility index (Phi) is 4.10. The smallest absolute Gasteiger partial charge is 0.248 e. The predicted octanol–water partition coefficient (Wildman–Crippen LogP) is 1.98. The van der Waals surface area contributed by atoms with Crippen LogP contribution in [0.3, 0.4) is 0 Å². The summed E-state index contributed by atoms with van der Waals surface area (Å²) in [5, 5.41) is 1.06. The summed E-state index contributed by atoms with van der Waals surface area (Å²) in [6.45, 7) is 1.71. The summed E-state index contributed by atoms with van der Waals surface area (Å²) < 4.78 is 4.90. The summed E-state index contributed by atoms with van der Waals surface area (Å²) in [5.41, 5.74) is 2.07. The Labute approximate surface area is 124 Å². The maximum Gasteiger partial charge on any atom is 0.248 e. The first-order valence-corrected chi connectivity index (χ1v) is 7.25. The van der Waals surface area contributed by atoms with Crippen molar-refractivity contribution in [1.82, 2.24) is 14.9 Å². The van der Waals surface area contributed by atoms with E-state index in [0.29, 0.717) is 5.92 Å². The fraction of sp³-hybridized carbons (Fsp3) is 0.438. The van der Waals surface area contributed by atoms with Crippen LogP contribution in [-0.2, 0) is 9.53 Å². The largest absolute Gasteiger partial charge is 0.375 e. The summed E-state index contributed by atoms with van der Waals surface area (Å²) in [6, 6.07) is 6.02. The van der Waals surface area contributed by atoms with Crippen LogP contribution < -0.4 is 0 Å². The SMILES string of the molecule is COCC(=O)N1CCC(c2cc3ncccc3cn2)CC1. The van der Waals surface area contributed by atoms with E-state index in [1.165, 1.54) is 0 Å². The van der Waals surface area contributed by atoms with Gasteiger partial charge in [0.15, 0.2) is 0 Å². The lowest BCUT2D eigenvalue weighted by atomic mass is 9.92. The Morgan fingerprint density at radius 3 is 2.95 bits per heavy atom. The van der Waals surface area contributed by atoms with E-state index in [1.807, 2.05) is 23.2 Å². The molecule has 1 aliphatic rings. The third-order valence-corrected chi connectivity index (χ3v) is 4.04. The molecule has 1 amide bonds. The molecule has 0 spiro atoms. The van der Waals surface area contributed by atoms with Crippen LogP contribution in [0.1, 0.15) is 24.5 Å². The van der Waals surface area contributed by atoms with E-state index < -0.39 is 0 Å². The van der Waals surface area contributed by atoms with E-state index in [-0.39, 0.29) is 12.5 Å². The van der Waals surface area contributed by atoms with Crippen LogP contribution in [0, 0.1) is 0 Å². The number of ether oxygens (including phenoxy) is 1. The summed E-state index contributed by atoms with van der Waals surface area (Å²) in [4.78, 5) is 22.6. The Morgan fingerprint density at radius 1 is 1.38 bits per heavy atom. The molecule has 0 radical (unpaired) electrons. The van der Waals surface area contributed by atoms with Crippen LogP contribution in [0.2, 0.25) is 0 Å². The Morgan fingerprint density at radius 2 is 2.19 bits per heavy atom. The molecule has 21 heavy (non-hydrogen) atoms. The predicted molar refractivity (Wildman–Crippen MR) is 80.0 cm³/mol. The number of carbonyl (C=O) groups excluding carboxylic acids is 1. The van der Waals surface area contributed by atoms with Crippen LogP contribution in [-0.4, -0.2) is 47.6 Å². The number of pyridine rings is 2. The lowest BCUT2D eigenvalue weighted by molar-refractivity contribution is -0.136. The molecule has 110 valence electrons. The van der Waals surface area contributed by atoms with Crippen LogP contribution in [0.15, 0.2) is 30.6 Å². The van der Waals surface area contributed by atoms with Crippen molar-refractivity contribution in [3.63, 3.8) is 0 Å². The zero-order valence-corrected chi connectivity index (χ0v) is 12.2. The molecule has 3 heterocycles. The van der Waals surface area contributed by atoms with Gasteiger partial charge in [0.1, 0.15) is 6.61 Å². The van der Waals surface area contributed by atoms with Crippen LogP contribution in [0.25, 0.3) is 10.9 Å². The number of likely N-dealkylation sites (tertiary alicyclic amines) is 1. The summed E-state index contributed by atoms with van der Waals surface area (Å²) >= 11 is 0. The summed E-state index contributed by atoms with van der Waals surface area (Å²) in [5.74, 6) is 0.479. The van der Waals surface area contributed by atoms with Gasteiger partial charge < -0.3 is 9.64 Å². The lowest BCUT2D eigenvalue weighted by Crippen LogP contribution is -2.39. The molecule has 3 rings (SSSR count). The third-order valence-electron chi connectivity index (χ3n) is 4.04. The molecule has 5 heteroatoms. The van der Waals surface area contributed by atoms with Gasteiger partial charge in [0.25, 0.3) is 0 Å². The number of hydrogen-bond donors (Lipinski definition) is 0. The number of methoxy groups -OCH3 is 1. The number of rotatable bonds is 3. The second-order valence-electron chi connectivity index (χ2n) is 5.39. The molecule has 0 unspecified atom stereocenters. The average Bonchev–Trinajstić information content (AvgIpc) is 2.55. The van der Waals surface area contributed by atoms with Crippen molar-refractivity contribution in [2.45, 2.75) is 18.8 Å². The van der Waals surface area contributed by atoms with Crippen LogP contribution >= 0.6 is 0 Å². The molecule has 0 N–H and O–H groups in total. The molecular weight excluding hydrogens is 266 g/mol. The number of carbonyl (C=O) groups is 1. The number of fused-ring (bicyclic) bond motifs is 1. The van der Waals surface area contributed by atoms with Crippen molar-refractivity contribution in [2.24, 2.45) is 0 Å². The van der Waals surface area contributed by atoms with Gasteiger partial charge in [-0.2, -0.15) is 0 Å². The van der Waals surface area contributed by atoms with E-state index in [9.17, 15) is 4.79 Å². The minimum atomic E-state index is 0.0732. The molecule has 2 aromatic rings. The Bertz CT molecular complexity index is 636. The van der Waals surface area contributed by atoms with Crippen molar-refractivity contribution in [1.29, 1.82) is 0 Å². The van der Waals surface area contributed by atoms with Crippen LogP contribution in [0.4, 0.5) is 0 Å². The summed E-state index contributed by atoms with van der Waals surface area (Å²) in [6.07, 6.45) is 5.58. The number of aromatic nitrogens is 2. The normalized spacial score (nSPS) is 16.3. The van der Waals surface area contributed by atoms with E-state index >= 15 is 0 Å². The highest BCUT2D eigenvalue weighted by atomic mass is 16.5. The van der Waals surface area contributed by atoms with Gasteiger partial charge in [-0.15, -0.1) is 0 Å². The van der Waals surface area contributed by atoms with Crippen molar-refractivity contribution in [3.8, 4) is 0 Å². The first-order valence-electron chi connectivity index (χ1n) is 7.25. The number of piperidine rings is 1. The molecule has 5 nitrogen and oxygen atoms in total. The van der Waals surface area contributed by atoms with Gasteiger partial charge >= 0.3 is 0 Å². The first-order chi connectivity index (χ1) is 10.3. The van der Waals surface area contributed by atoms with Gasteiger partial charge in [0.05, 0.1) is 5.52 Å². The van der Waals surface area contributed by atoms with E-state index in [4.69, 9.17) is 4.74 Å².